The van der Waals surface area contributed by atoms with Gasteiger partial charge in [-0.3, -0.25) is 9.69 Å². The summed E-state index contributed by atoms with van der Waals surface area (Å²) in [7, 11) is 1.46. The smallest absolute Gasteiger partial charge is 0.309 e. The van der Waals surface area contributed by atoms with E-state index in [1.165, 1.54) is 18.3 Å². The molecular formula is C22H29NO4. The Kier molecular flexibility index (Phi) is 3.02. The van der Waals surface area contributed by atoms with Gasteiger partial charge in [0, 0.05) is 24.9 Å². The third-order valence-corrected chi connectivity index (χ3v) is 9.28. The number of piperidine rings is 1. The fourth-order valence-electron chi connectivity index (χ4n) is 8.40. The van der Waals surface area contributed by atoms with Gasteiger partial charge in [-0.05, 0) is 43.9 Å². The Bertz CT molecular complexity index is 804. The average Bonchev–Trinajstić information content (AvgIpc) is 3.26. The van der Waals surface area contributed by atoms with Crippen LogP contribution in [0.3, 0.4) is 0 Å². The highest BCUT2D eigenvalue weighted by Crippen LogP contribution is 2.75. The Morgan fingerprint density at radius 3 is 2.81 bits per heavy atom. The van der Waals surface area contributed by atoms with Crippen LogP contribution in [0, 0.1) is 35.0 Å². The molecule has 6 aliphatic rings. The first-order chi connectivity index (χ1) is 12.9. The summed E-state index contributed by atoms with van der Waals surface area (Å²) in [6.45, 7) is 3.81. The molecule has 0 radical (unpaired) electrons. The zero-order valence-electron chi connectivity index (χ0n) is 16.1. The van der Waals surface area contributed by atoms with E-state index in [2.05, 4.69) is 17.9 Å². The van der Waals surface area contributed by atoms with Crippen LogP contribution < -0.4 is 0 Å². The lowest BCUT2D eigenvalue weighted by Crippen LogP contribution is -2.76. The standard InChI is InChI=1S/C22H29NO4/c1-12-10-23-11-14-5-3-13-4-6-15-16(19(24)27-2)9-20(18(13)15)21(14,25)8-7-17(12)22(20,23)26/h7-8,12,14-17,25-26H,3-6,9-11H2,1-2H3/t12-,14+,15+,16+,17+,20+,21+,22+/m0/s1. The Balaban J connectivity index is 1.67. The van der Waals surface area contributed by atoms with Gasteiger partial charge in [0.05, 0.1) is 18.4 Å². The van der Waals surface area contributed by atoms with Gasteiger partial charge < -0.3 is 14.9 Å². The lowest BCUT2D eigenvalue weighted by Gasteiger charge is -2.65. The van der Waals surface area contributed by atoms with Crippen molar-refractivity contribution in [2.24, 2.45) is 35.0 Å². The monoisotopic (exact) mass is 371 g/mol. The molecule has 0 aromatic rings. The summed E-state index contributed by atoms with van der Waals surface area (Å²) in [5.74, 6) is 0.130. The van der Waals surface area contributed by atoms with Crippen molar-refractivity contribution >= 4 is 5.97 Å². The lowest BCUT2D eigenvalue weighted by atomic mass is 9.49. The van der Waals surface area contributed by atoms with Crippen molar-refractivity contribution in [2.45, 2.75) is 50.4 Å². The molecular weight excluding hydrogens is 342 g/mol. The summed E-state index contributed by atoms with van der Waals surface area (Å²) in [5.41, 5.74) is -0.280. The number of allylic oxidation sites excluding steroid dienone is 1. The summed E-state index contributed by atoms with van der Waals surface area (Å²) in [5, 5.41) is 24.6. The van der Waals surface area contributed by atoms with Gasteiger partial charge in [-0.15, -0.1) is 0 Å². The van der Waals surface area contributed by atoms with E-state index in [9.17, 15) is 15.0 Å². The van der Waals surface area contributed by atoms with Crippen LogP contribution in [0.5, 0.6) is 0 Å². The highest BCUT2D eigenvalue weighted by Gasteiger charge is 2.80. The second-order valence-electron chi connectivity index (χ2n) is 9.96. The molecule has 2 N–H and O–H groups in total. The molecule has 0 aromatic heterocycles. The minimum absolute atomic E-state index is 0.00298. The van der Waals surface area contributed by atoms with Crippen LogP contribution in [-0.2, 0) is 9.53 Å². The second kappa shape index (κ2) is 4.87. The molecule has 5 nitrogen and oxygen atoms in total. The Hall–Kier alpha value is -1.17. The van der Waals surface area contributed by atoms with Crippen molar-refractivity contribution < 1.29 is 19.7 Å². The first-order valence-corrected chi connectivity index (χ1v) is 10.6. The van der Waals surface area contributed by atoms with E-state index < -0.39 is 16.7 Å². The van der Waals surface area contributed by atoms with Crippen LogP contribution >= 0.6 is 0 Å². The molecule has 0 unspecified atom stereocenters. The van der Waals surface area contributed by atoms with Crippen molar-refractivity contribution in [2.75, 3.05) is 20.2 Å². The number of aliphatic hydroxyl groups is 2. The van der Waals surface area contributed by atoms with Gasteiger partial charge in [-0.2, -0.15) is 0 Å². The molecule has 5 heteroatoms. The number of carbonyl (C=O) groups excluding carboxylic acids is 1. The van der Waals surface area contributed by atoms with E-state index >= 15 is 0 Å². The quantitative estimate of drug-likeness (QED) is 0.544. The molecule has 2 heterocycles. The zero-order valence-corrected chi connectivity index (χ0v) is 16.1. The molecule has 6 rings (SSSR count). The van der Waals surface area contributed by atoms with E-state index in [4.69, 9.17) is 4.74 Å². The van der Waals surface area contributed by atoms with Crippen LogP contribution in [0.4, 0.5) is 0 Å². The molecule has 146 valence electrons. The number of hydrogen-bond donors (Lipinski definition) is 2. The Morgan fingerprint density at radius 1 is 1.26 bits per heavy atom. The number of methoxy groups -OCH3 is 1. The summed E-state index contributed by atoms with van der Waals surface area (Å²) in [4.78, 5) is 15.0. The normalized spacial score (nSPS) is 54.9. The minimum Gasteiger partial charge on any atom is -0.469 e. The Labute approximate surface area is 160 Å². The van der Waals surface area contributed by atoms with Gasteiger partial charge in [-0.1, -0.05) is 30.2 Å². The Morgan fingerprint density at radius 2 is 2.04 bits per heavy atom. The third-order valence-electron chi connectivity index (χ3n) is 9.28. The fraction of sp³-hybridized carbons (Fsp3) is 0.773. The van der Waals surface area contributed by atoms with E-state index in [0.29, 0.717) is 12.3 Å². The highest BCUT2D eigenvalue weighted by molar-refractivity contribution is 5.75. The molecule has 3 fully saturated rings. The molecule has 8 atom stereocenters. The van der Waals surface area contributed by atoms with Gasteiger partial charge in [0.15, 0.2) is 0 Å². The predicted molar refractivity (Wildman–Crippen MR) is 98.3 cm³/mol. The zero-order chi connectivity index (χ0) is 18.8. The number of nitrogens with zero attached hydrogens (tertiary/aromatic N) is 1. The van der Waals surface area contributed by atoms with Gasteiger partial charge in [0.1, 0.15) is 11.3 Å². The summed E-state index contributed by atoms with van der Waals surface area (Å²) < 4.78 is 5.18. The van der Waals surface area contributed by atoms with Crippen molar-refractivity contribution in [3.05, 3.63) is 23.3 Å². The van der Waals surface area contributed by atoms with Crippen LogP contribution in [0.15, 0.2) is 23.3 Å². The van der Waals surface area contributed by atoms with E-state index in [-0.39, 0.29) is 29.6 Å². The van der Waals surface area contributed by atoms with E-state index in [1.54, 1.807) is 0 Å². The third kappa shape index (κ3) is 1.53. The SMILES string of the molecule is COC(=O)[C@@H]1C[C@@]23C4=C(CC[C@@H]5CN6C[C@H](C)[C@@H](C=C[C@@]52O)[C@]63O)CC[C@@H]41. The molecule has 1 saturated carbocycles. The number of esters is 1. The predicted octanol–water partition coefficient (Wildman–Crippen LogP) is 1.85. The highest BCUT2D eigenvalue weighted by atomic mass is 16.5. The van der Waals surface area contributed by atoms with Gasteiger partial charge in [0.25, 0.3) is 0 Å². The fourth-order valence-corrected chi connectivity index (χ4v) is 8.40. The maximum Gasteiger partial charge on any atom is 0.309 e. The number of rotatable bonds is 1. The molecule has 0 amide bonds. The maximum atomic E-state index is 12.7. The largest absolute Gasteiger partial charge is 0.469 e. The molecule has 27 heavy (non-hydrogen) atoms. The summed E-state index contributed by atoms with van der Waals surface area (Å²) >= 11 is 0. The average molecular weight is 371 g/mol. The topological polar surface area (TPSA) is 70.0 Å². The number of hydrogen-bond acceptors (Lipinski definition) is 5. The first kappa shape index (κ1) is 16.8. The van der Waals surface area contributed by atoms with Crippen LogP contribution in [0.25, 0.3) is 0 Å². The summed E-state index contributed by atoms with van der Waals surface area (Å²) in [6, 6.07) is 0. The molecule has 4 bridgehead atoms. The van der Waals surface area contributed by atoms with Gasteiger partial charge in [0.2, 0.25) is 0 Å². The lowest BCUT2D eigenvalue weighted by molar-refractivity contribution is -0.284. The minimum atomic E-state index is -1.09. The van der Waals surface area contributed by atoms with Crippen molar-refractivity contribution in [3.8, 4) is 0 Å². The molecule has 0 aromatic carbocycles. The van der Waals surface area contributed by atoms with Gasteiger partial charge in [-0.25, -0.2) is 0 Å². The molecule has 2 saturated heterocycles. The van der Waals surface area contributed by atoms with Crippen molar-refractivity contribution in [3.63, 3.8) is 0 Å². The maximum absolute atomic E-state index is 12.7. The van der Waals surface area contributed by atoms with Gasteiger partial charge >= 0.3 is 5.97 Å². The van der Waals surface area contributed by atoms with E-state index in [0.717, 1.165) is 38.8 Å². The van der Waals surface area contributed by atoms with Crippen LogP contribution in [0.2, 0.25) is 0 Å². The van der Waals surface area contributed by atoms with E-state index in [1.807, 2.05) is 6.08 Å². The summed E-state index contributed by atoms with van der Waals surface area (Å²) in [6.07, 6.45) is 8.53. The molecule has 2 aliphatic heterocycles. The van der Waals surface area contributed by atoms with Crippen LogP contribution in [0.1, 0.15) is 39.0 Å². The molecule has 4 aliphatic carbocycles. The molecule has 1 spiro atoms. The van der Waals surface area contributed by atoms with Crippen LogP contribution in [-0.4, -0.2) is 52.6 Å². The first-order valence-electron chi connectivity index (χ1n) is 10.6. The van der Waals surface area contributed by atoms with Crippen molar-refractivity contribution in [1.29, 1.82) is 0 Å². The second-order valence-corrected chi connectivity index (χ2v) is 9.96. The van der Waals surface area contributed by atoms with Crippen molar-refractivity contribution in [1.82, 2.24) is 4.90 Å². The number of carbonyl (C=O) groups is 1. The number of ether oxygens (including phenoxy) is 1.